The second-order valence-corrected chi connectivity index (χ2v) is 10.7. The zero-order chi connectivity index (χ0) is 24.1. The largest absolute Gasteiger partial charge is 0.383 e. The zero-order valence-corrected chi connectivity index (χ0v) is 21.2. The highest BCUT2D eigenvalue weighted by molar-refractivity contribution is 6.31. The number of ether oxygens (including phenoxy) is 2. The Morgan fingerprint density at radius 3 is 2.97 bits per heavy atom. The van der Waals surface area contributed by atoms with Gasteiger partial charge in [0.15, 0.2) is 0 Å². The third kappa shape index (κ3) is 6.25. The summed E-state index contributed by atoms with van der Waals surface area (Å²) in [6, 6.07) is 2.15. The van der Waals surface area contributed by atoms with Crippen LogP contribution in [-0.2, 0) is 14.3 Å². The molecule has 0 bridgehead atoms. The quantitative estimate of drug-likeness (QED) is 0.599. The fourth-order valence-electron chi connectivity index (χ4n) is 5.08. The molecule has 3 heterocycles. The average molecular weight is 489 g/mol. The standard InChI is InChI=1S/C26H37ClN4O3/c1-17-4-5-19(30-16-26(2)6-8-34-9-7-26)11-21(17)22-12-24(29-14-23(22)27)31-25(32)18-10-20(15-33-3)28-13-18/h4-5,12,14,17-18,20-21,28H,6-11,13,15-16H2,1-3H3,(H,29,31,32). The van der Waals surface area contributed by atoms with Crippen molar-refractivity contribution in [2.45, 2.75) is 51.5 Å². The molecule has 1 amide bonds. The molecule has 0 spiro atoms. The summed E-state index contributed by atoms with van der Waals surface area (Å²) < 4.78 is 10.7. The smallest absolute Gasteiger partial charge is 0.229 e. The Hall–Kier alpha value is -1.80. The highest BCUT2D eigenvalue weighted by Gasteiger charge is 2.31. The zero-order valence-electron chi connectivity index (χ0n) is 20.5. The van der Waals surface area contributed by atoms with Gasteiger partial charge in [0.25, 0.3) is 0 Å². The summed E-state index contributed by atoms with van der Waals surface area (Å²) in [5.74, 6) is 0.944. The molecular formula is C26H37ClN4O3. The first-order valence-electron chi connectivity index (χ1n) is 12.3. The molecule has 186 valence electrons. The van der Waals surface area contributed by atoms with Gasteiger partial charge in [0.05, 0.1) is 17.5 Å². The monoisotopic (exact) mass is 488 g/mol. The van der Waals surface area contributed by atoms with Crippen LogP contribution in [0, 0.1) is 17.3 Å². The van der Waals surface area contributed by atoms with Crippen LogP contribution in [0.5, 0.6) is 0 Å². The van der Waals surface area contributed by atoms with E-state index in [9.17, 15) is 4.79 Å². The number of methoxy groups -OCH3 is 1. The molecule has 4 unspecified atom stereocenters. The highest BCUT2D eigenvalue weighted by Crippen LogP contribution is 2.38. The van der Waals surface area contributed by atoms with Gasteiger partial charge in [-0.2, -0.15) is 0 Å². The first-order valence-corrected chi connectivity index (χ1v) is 12.7. The van der Waals surface area contributed by atoms with Crippen molar-refractivity contribution in [2.75, 3.05) is 45.3 Å². The number of allylic oxidation sites excluding steroid dienone is 2. The lowest BCUT2D eigenvalue weighted by atomic mass is 9.79. The number of pyridine rings is 1. The predicted octanol–water partition coefficient (Wildman–Crippen LogP) is 4.24. The number of amides is 1. The fraction of sp³-hybridized carbons (Fsp3) is 0.654. The van der Waals surface area contributed by atoms with Crippen LogP contribution in [0.15, 0.2) is 29.4 Å². The van der Waals surface area contributed by atoms with Gasteiger partial charge in [-0.1, -0.05) is 31.5 Å². The second kappa shape index (κ2) is 11.3. The maximum atomic E-state index is 12.8. The topological polar surface area (TPSA) is 84.8 Å². The van der Waals surface area contributed by atoms with Crippen molar-refractivity contribution in [3.05, 3.63) is 35.0 Å². The summed E-state index contributed by atoms with van der Waals surface area (Å²) in [6.45, 7) is 8.23. The second-order valence-electron chi connectivity index (χ2n) is 10.3. The van der Waals surface area contributed by atoms with Gasteiger partial charge in [-0.15, -0.1) is 0 Å². The molecule has 2 aliphatic heterocycles. The molecule has 2 saturated heterocycles. The lowest BCUT2D eigenvalue weighted by molar-refractivity contribution is -0.119. The van der Waals surface area contributed by atoms with Gasteiger partial charge in [-0.05, 0) is 60.6 Å². The van der Waals surface area contributed by atoms with Crippen molar-refractivity contribution >= 4 is 29.0 Å². The van der Waals surface area contributed by atoms with E-state index < -0.39 is 0 Å². The Kier molecular flexibility index (Phi) is 8.40. The summed E-state index contributed by atoms with van der Waals surface area (Å²) >= 11 is 6.60. The maximum absolute atomic E-state index is 12.8. The lowest BCUT2D eigenvalue weighted by Gasteiger charge is -2.33. The molecule has 7 nitrogen and oxygen atoms in total. The van der Waals surface area contributed by atoms with Crippen LogP contribution in [0.2, 0.25) is 5.02 Å². The van der Waals surface area contributed by atoms with Crippen LogP contribution < -0.4 is 10.6 Å². The van der Waals surface area contributed by atoms with E-state index in [1.807, 2.05) is 6.07 Å². The first kappa shape index (κ1) is 25.3. The van der Waals surface area contributed by atoms with E-state index in [-0.39, 0.29) is 29.2 Å². The summed E-state index contributed by atoms with van der Waals surface area (Å²) in [7, 11) is 1.68. The van der Waals surface area contributed by atoms with Gasteiger partial charge in [0.2, 0.25) is 5.91 Å². The van der Waals surface area contributed by atoms with Crippen molar-refractivity contribution in [3.8, 4) is 0 Å². The molecular weight excluding hydrogens is 452 g/mol. The number of anilines is 1. The molecule has 8 heteroatoms. The minimum atomic E-state index is -0.0945. The van der Waals surface area contributed by atoms with E-state index in [0.717, 1.165) is 56.7 Å². The van der Waals surface area contributed by atoms with Crippen molar-refractivity contribution < 1.29 is 14.3 Å². The minimum Gasteiger partial charge on any atom is -0.383 e. The van der Waals surface area contributed by atoms with Gasteiger partial charge in [-0.25, -0.2) is 4.98 Å². The number of hydrogen-bond acceptors (Lipinski definition) is 6. The molecule has 1 aromatic rings. The number of aromatic nitrogens is 1. The Balaban J connectivity index is 1.43. The summed E-state index contributed by atoms with van der Waals surface area (Å²) in [4.78, 5) is 22.2. The van der Waals surface area contributed by atoms with E-state index in [1.54, 1.807) is 13.3 Å². The Labute approximate surface area is 207 Å². The van der Waals surface area contributed by atoms with E-state index in [0.29, 0.717) is 29.9 Å². The van der Waals surface area contributed by atoms with E-state index in [2.05, 4.69) is 41.6 Å². The number of carbonyl (C=O) groups excluding carboxylic acids is 1. The predicted molar refractivity (Wildman–Crippen MR) is 136 cm³/mol. The van der Waals surface area contributed by atoms with Crippen LogP contribution in [-0.4, -0.2) is 62.7 Å². The van der Waals surface area contributed by atoms with Gasteiger partial charge in [-0.3, -0.25) is 9.79 Å². The average Bonchev–Trinajstić information content (AvgIpc) is 3.30. The van der Waals surface area contributed by atoms with E-state index in [1.165, 1.54) is 0 Å². The molecule has 2 fully saturated rings. The van der Waals surface area contributed by atoms with Gasteiger partial charge < -0.3 is 20.1 Å². The third-order valence-corrected chi connectivity index (χ3v) is 7.83. The van der Waals surface area contributed by atoms with Crippen LogP contribution in [0.3, 0.4) is 0 Å². The first-order chi connectivity index (χ1) is 16.4. The summed E-state index contributed by atoms with van der Waals surface area (Å²) in [5.41, 5.74) is 2.33. The van der Waals surface area contributed by atoms with Crippen molar-refractivity contribution in [1.82, 2.24) is 10.3 Å². The van der Waals surface area contributed by atoms with Crippen LogP contribution >= 0.6 is 11.6 Å². The SMILES string of the molecule is COCC1CC(C(=O)Nc2cc(C3CC(=NCC4(C)CCOCC4)C=CC3C)c(Cl)cn2)CN1. The number of nitrogens with one attached hydrogen (secondary N) is 2. The van der Waals surface area contributed by atoms with Gasteiger partial charge in [0.1, 0.15) is 5.82 Å². The molecule has 2 N–H and O–H groups in total. The molecule has 3 aliphatic rings. The van der Waals surface area contributed by atoms with E-state index >= 15 is 0 Å². The van der Waals surface area contributed by atoms with Crippen LogP contribution in [0.1, 0.15) is 51.0 Å². The van der Waals surface area contributed by atoms with Crippen molar-refractivity contribution in [3.63, 3.8) is 0 Å². The normalized spacial score (nSPS) is 29.9. The molecule has 34 heavy (non-hydrogen) atoms. The summed E-state index contributed by atoms with van der Waals surface area (Å²) in [6.07, 6.45) is 9.71. The van der Waals surface area contributed by atoms with Crippen LogP contribution in [0.4, 0.5) is 5.82 Å². The minimum absolute atomic E-state index is 0.0181. The number of halogens is 1. The molecule has 0 saturated carbocycles. The number of aliphatic imine (C=N–C) groups is 1. The van der Waals surface area contributed by atoms with Crippen molar-refractivity contribution in [2.24, 2.45) is 22.2 Å². The number of nitrogens with zero attached hydrogens (tertiary/aromatic N) is 2. The number of hydrogen-bond donors (Lipinski definition) is 2. The molecule has 4 rings (SSSR count). The van der Waals surface area contributed by atoms with Gasteiger partial charge >= 0.3 is 0 Å². The molecule has 1 aromatic heterocycles. The summed E-state index contributed by atoms with van der Waals surface area (Å²) in [5, 5.41) is 6.97. The number of carbonyl (C=O) groups is 1. The van der Waals surface area contributed by atoms with Gasteiger partial charge in [0, 0.05) is 51.4 Å². The Bertz CT molecular complexity index is 929. The molecule has 0 radical (unpaired) electrons. The Morgan fingerprint density at radius 2 is 2.21 bits per heavy atom. The molecule has 1 aliphatic carbocycles. The number of rotatable bonds is 7. The highest BCUT2D eigenvalue weighted by atomic mass is 35.5. The van der Waals surface area contributed by atoms with Crippen molar-refractivity contribution in [1.29, 1.82) is 0 Å². The molecule has 4 atom stereocenters. The maximum Gasteiger partial charge on any atom is 0.229 e. The molecule has 0 aromatic carbocycles. The van der Waals surface area contributed by atoms with E-state index in [4.69, 9.17) is 26.1 Å². The Morgan fingerprint density at radius 1 is 1.41 bits per heavy atom. The lowest BCUT2D eigenvalue weighted by Crippen LogP contribution is -2.30. The van der Waals surface area contributed by atoms with Crippen LogP contribution in [0.25, 0.3) is 0 Å². The fourth-order valence-corrected chi connectivity index (χ4v) is 5.33. The third-order valence-electron chi connectivity index (χ3n) is 7.52.